The number of aliphatic hydroxyl groups excluding tert-OH is 1. The zero-order valence-corrected chi connectivity index (χ0v) is 16.7. The predicted octanol–water partition coefficient (Wildman–Crippen LogP) is 1.24. The average molecular weight is 447 g/mol. The van der Waals surface area contributed by atoms with E-state index in [1.54, 1.807) is 6.20 Å². The number of likely N-dealkylation sites (tertiary alicyclic amines) is 1. The van der Waals surface area contributed by atoms with Crippen molar-refractivity contribution in [3.8, 4) is 0 Å². The lowest BCUT2D eigenvalue weighted by molar-refractivity contribution is 0.229. The van der Waals surface area contributed by atoms with Crippen molar-refractivity contribution in [2.24, 2.45) is 16.6 Å². The molecule has 0 radical (unpaired) electrons. The molecular weight excluding hydrogens is 417 g/mol. The molecule has 1 aliphatic heterocycles. The number of nitrogens with two attached hydrogens (primary N) is 1. The van der Waals surface area contributed by atoms with Gasteiger partial charge in [0.15, 0.2) is 5.96 Å². The Morgan fingerprint density at radius 3 is 3.04 bits per heavy atom. The maximum absolute atomic E-state index is 9.50. The molecule has 1 aromatic heterocycles. The standard InChI is InChI=1S/C17H29N5O.HI/c1-2-22-9-5-7-16(22)12-21-17(18)20-11-14(13-23)10-15-6-3-4-8-19-15;/h3-4,6,8,14,16,23H,2,5,7,9-13H2,1H3,(H3,18,20,21);1H. The summed E-state index contributed by atoms with van der Waals surface area (Å²) >= 11 is 0. The molecule has 2 rings (SSSR count). The largest absolute Gasteiger partial charge is 0.396 e. The van der Waals surface area contributed by atoms with Crippen molar-refractivity contribution < 1.29 is 5.11 Å². The Morgan fingerprint density at radius 1 is 1.54 bits per heavy atom. The van der Waals surface area contributed by atoms with Gasteiger partial charge in [-0.3, -0.25) is 14.9 Å². The molecule has 1 saturated heterocycles. The quantitative estimate of drug-likeness (QED) is 0.317. The highest BCUT2D eigenvalue weighted by Crippen LogP contribution is 2.15. The molecule has 0 bridgehead atoms. The number of guanidine groups is 1. The molecule has 1 fully saturated rings. The van der Waals surface area contributed by atoms with Gasteiger partial charge in [-0.05, 0) is 44.5 Å². The zero-order valence-electron chi connectivity index (χ0n) is 14.4. The van der Waals surface area contributed by atoms with Crippen LogP contribution in [0.25, 0.3) is 0 Å². The molecule has 0 saturated carbocycles. The van der Waals surface area contributed by atoms with Gasteiger partial charge in [-0.2, -0.15) is 0 Å². The second-order valence-electron chi connectivity index (χ2n) is 6.11. The van der Waals surface area contributed by atoms with Gasteiger partial charge < -0.3 is 16.2 Å². The number of aliphatic imine (C=N–C) groups is 1. The lowest BCUT2D eigenvalue weighted by Gasteiger charge is -2.23. The van der Waals surface area contributed by atoms with E-state index in [9.17, 15) is 5.11 Å². The molecule has 1 aromatic rings. The van der Waals surface area contributed by atoms with Crippen molar-refractivity contribution >= 4 is 29.9 Å². The molecule has 24 heavy (non-hydrogen) atoms. The van der Waals surface area contributed by atoms with E-state index < -0.39 is 0 Å². The van der Waals surface area contributed by atoms with E-state index in [0.29, 0.717) is 25.0 Å². The van der Waals surface area contributed by atoms with Gasteiger partial charge in [-0.1, -0.05) is 13.0 Å². The Balaban J connectivity index is 0.00000288. The first-order valence-electron chi connectivity index (χ1n) is 8.51. The topological polar surface area (TPSA) is 86.8 Å². The first kappa shape index (κ1) is 21.1. The van der Waals surface area contributed by atoms with Crippen molar-refractivity contribution in [2.45, 2.75) is 32.2 Å². The van der Waals surface area contributed by atoms with E-state index in [-0.39, 0.29) is 36.5 Å². The number of hydrogen-bond donors (Lipinski definition) is 3. The first-order chi connectivity index (χ1) is 11.2. The van der Waals surface area contributed by atoms with E-state index in [4.69, 9.17) is 5.73 Å². The summed E-state index contributed by atoms with van der Waals surface area (Å²) in [6.45, 7) is 5.89. The third-order valence-corrected chi connectivity index (χ3v) is 4.43. The molecule has 0 spiro atoms. The monoisotopic (exact) mass is 447 g/mol. The Morgan fingerprint density at radius 2 is 2.38 bits per heavy atom. The fraction of sp³-hybridized carbons (Fsp3) is 0.647. The molecule has 2 heterocycles. The van der Waals surface area contributed by atoms with Crippen LogP contribution in [0, 0.1) is 5.92 Å². The lowest BCUT2D eigenvalue weighted by atomic mass is 10.0. The predicted molar refractivity (Wildman–Crippen MR) is 109 cm³/mol. The van der Waals surface area contributed by atoms with Crippen molar-refractivity contribution in [3.63, 3.8) is 0 Å². The highest BCUT2D eigenvalue weighted by Gasteiger charge is 2.22. The van der Waals surface area contributed by atoms with Crippen LogP contribution in [0.1, 0.15) is 25.5 Å². The third kappa shape index (κ3) is 6.90. The summed E-state index contributed by atoms with van der Waals surface area (Å²) in [5.41, 5.74) is 6.93. The Hall–Kier alpha value is -0.930. The number of aromatic nitrogens is 1. The molecule has 136 valence electrons. The van der Waals surface area contributed by atoms with Crippen molar-refractivity contribution in [1.82, 2.24) is 15.2 Å². The van der Waals surface area contributed by atoms with Crippen LogP contribution >= 0.6 is 24.0 Å². The summed E-state index contributed by atoms with van der Waals surface area (Å²) in [6.07, 6.45) is 4.95. The minimum atomic E-state index is 0. The maximum atomic E-state index is 9.50. The van der Waals surface area contributed by atoms with Gasteiger partial charge in [0.25, 0.3) is 0 Å². The number of rotatable bonds is 8. The summed E-state index contributed by atoms with van der Waals surface area (Å²) in [6, 6.07) is 6.36. The average Bonchev–Trinajstić information content (AvgIpc) is 3.05. The molecule has 1 aliphatic rings. The number of hydrogen-bond acceptors (Lipinski definition) is 4. The molecule has 4 N–H and O–H groups in total. The van der Waals surface area contributed by atoms with Gasteiger partial charge in [0.2, 0.25) is 0 Å². The summed E-state index contributed by atoms with van der Waals surface area (Å²) < 4.78 is 0. The van der Waals surface area contributed by atoms with E-state index in [0.717, 1.165) is 18.8 Å². The number of aliphatic hydroxyl groups is 1. The van der Waals surface area contributed by atoms with Crippen LogP contribution < -0.4 is 11.1 Å². The van der Waals surface area contributed by atoms with Crippen molar-refractivity contribution in [2.75, 3.05) is 32.8 Å². The van der Waals surface area contributed by atoms with Gasteiger partial charge in [-0.25, -0.2) is 0 Å². The molecular formula is C17H30IN5O. The Labute approximate surface area is 162 Å². The minimum Gasteiger partial charge on any atom is -0.396 e. The molecule has 0 amide bonds. The smallest absolute Gasteiger partial charge is 0.188 e. The van der Waals surface area contributed by atoms with Crippen LogP contribution in [-0.2, 0) is 6.42 Å². The van der Waals surface area contributed by atoms with Gasteiger partial charge in [0.05, 0.1) is 0 Å². The Kier molecular flexibility index (Phi) is 10.2. The second kappa shape index (κ2) is 11.6. The normalized spacial score (nSPS) is 19.8. The van der Waals surface area contributed by atoms with Crippen LogP contribution in [0.15, 0.2) is 29.4 Å². The van der Waals surface area contributed by atoms with Gasteiger partial charge in [-0.15, -0.1) is 24.0 Å². The van der Waals surface area contributed by atoms with Crippen LogP contribution in [0.2, 0.25) is 0 Å². The zero-order chi connectivity index (χ0) is 16.5. The van der Waals surface area contributed by atoms with Gasteiger partial charge in [0.1, 0.15) is 0 Å². The number of nitrogens with zero attached hydrogens (tertiary/aromatic N) is 3. The number of halogens is 1. The first-order valence-corrected chi connectivity index (χ1v) is 8.51. The van der Waals surface area contributed by atoms with Crippen molar-refractivity contribution in [1.29, 1.82) is 0 Å². The summed E-state index contributed by atoms with van der Waals surface area (Å²) in [5, 5.41) is 12.7. The molecule has 0 aliphatic carbocycles. The summed E-state index contributed by atoms with van der Waals surface area (Å²) in [5.74, 6) is 0.510. The molecule has 7 heteroatoms. The van der Waals surface area contributed by atoms with Crippen LogP contribution in [0.5, 0.6) is 0 Å². The molecule has 2 atom stereocenters. The third-order valence-electron chi connectivity index (χ3n) is 4.43. The lowest BCUT2D eigenvalue weighted by Crippen LogP contribution is -2.43. The number of likely N-dealkylation sites (N-methyl/N-ethyl adjacent to an activating group) is 1. The van der Waals surface area contributed by atoms with E-state index in [1.807, 2.05) is 18.2 Å². The summed E-state index contributed by atoms with van der Waals surface area (Å²) in [7, 11) is 0. The SMILES string of the molecule is CCN1CCCC1CNC(N)=NCC(CO)Cc1ccccn1.I. The van der Waals surface area contributed by atoms with Crippen LogP contribution in [-0.4, -0.2) is 59.8 Å². The second-order valence-corrected chi connectivity index (χ2v) is 6.11. The van der Waals surface area contributed by atoms with Gasteiger partial charge in [0, 0.05) is 43.5 Å². The van der Waals surface area contributed by atoms with Crippen LogP contribution in [0.4, 0.5) is 0 Å². The number of pyridine rings is 1. The fourth-order valence-electron chi connectivity index (χ4n) is 3.05. The number of nitrogens with one attached hydrogen (secondary N) is 1. The highest BCUT2D eigenvalue weighted by atomic mass is 127. The van der Waals surface area contributed by atoms with Gasteiger partial charge >= 0.3 is 0 Å². The van der Waals surface area contributed by atoms with E-state index in [2.05, 4.69) is 27.1 Å². The maximum Gasteiger partial charge on any atom is 0.188 e. The Bertz CT molecular complexity index is 485. The molecule has 6 nitrogen and oxygen atoms in total. The van der Waals surface area contributed by atoms with E-state index in [1.165, 1.54) is 19.4 Å². The molecule has 2 unspecified atom stereocenters. The van der Waals surface area contributed by atoms with E-state index >= 15 is 0 Å². The van der Waals surface area contributed by atoms with Crippen molar-refractivity contribution in [3.05, 3.63) is 30.1 Å². The fourth-order valence-corrected chi connectivity index (χ4v) is 3.05. The summed E-state index contributed by atoms with van der Waals surface area (Å²) in [4.78, 5) is 11.1. The molecule has 0 aromatic carbocycles. The van der Waals surface area contributed by atoms with Crippen LogP contribution in [0.3, 0.4) is 0 Å². The highest BCUT2D eigenvalue weighted by molar-refractivity contribution is 14.0. The minimum absolute atomic E-state index is 0.